The molecule has 140 valence electrons. The van der Waals surface area contributed by atoms with Crippen molar-refractivity contribution in [2.45, 2.75) is 19.0 Å². The lowest BCUT2D eigenvalue weighted by atomic mass is 10.2. The van der Waals surface area contributed by atoms with E-state index in [1.807, 2.05) is 41.5 Å². The summed E-state index contributed by atoms with van der Waals surface area (Å²) in [6, 6.07) is 9.59. The highest BCUT2D eigenvalue weighted by Crippen LogP contribution is 2.20. The lowest BCUT2D eigenvalue weighted by Crippen LogP contribution is -2.53. The molecule has 2 N–H and O–H groups in total. The Morgan fingerprint density at radius 2 is 2.00 bits per heavy atom. The van der Waals surface area contributed by atoms with Crippen molar-refractivity contribution in [1.82, 2.24) is 14.8 Å². The molecule has 2 heterocycles. The summed E-state index contributed by atoms with van der Waals surface area (Å²) in [5, 5.41) is 0. The van der Waals surface area contributed by atoms with E-state index in [0.717, 1.165) is 36.6 Å². The van der Waals surface area contributed by atoms with Crippen molar-refractivity contribution in [3.8, 4) is 11.3 Å². The third-order valence-corrected chi connectivity index (χ3v) is 5.25. The summed E-state index contributed by atoms with van der Waals surface area (Å²) in [7, 11) is 0. The van der Waals surface area contributed by atoms with Crippen molar-refractivity contribution >= 4 is 17.7 Å². The molecular formula is C19H26N4O2S. The zero-order valence-corrected chi connectivity index (χ0v) is 16.0. The van der Waals surface area contributed by atoms with Crippen LogP contribution in [0.1, 0.15) is 12.3 Å². The molecule has 1 amide bonds. The fourth-order valence-electron chi connectivity index (χ4n) is 3.04. The molecule has 3 rings (SSSR count). The first-order valence-corrected chi connectivity index (χ1v) is 10.3. The Morgan fingerprint density at radius 3 is 2.69 bits per heavy atom. The monoisotopic (exact) mass is 374 g/mol. The molecular weight excluding hydrogens is 348 g/mol. The largest absolute Gasteiger partial charge is 0.439 e. The molecule has 1 saturated heterocycles. The average Bonchev–Trinajstić information content (AvgIpc) is 3.15. The van der Waals surface area contributed by atoms with Crippen molar-refractivity contribution in [3.05, 3.63) is 42.4 Å². The smallest absolute Gasteiger partial charge is 0.239 e. The summed E-state index contributed by atoms with van der Waals surface area (Å²) in [6.07, 6.45) is 4.54. The van der Waals surface area contributed by atoms with Gasteiger partial charge >= 0.3 is 0 Å². The minimum absolute atomic E-state index is 0.0705. The fourth-order valence-corrected chi connectivity index (χ4v) is 3.53. The lowest BCUT2D eigenvalue weighted by molar-refractivity contribution is -0.134. The number of nitrogens with zero attached hydrogens (tertiary/aromatic N) is 3. The number of benzene rings is 1. The van der Waals surface area contributed by atoms with Gasteiger partial charge in [0.25, 0.3) is 0 Å². The van der Waals surface area contributed by atoms with Crippen LogP contribution in [0.2, 0.25) is 0 Å². The number of nitrogens with two attached hydrogens (primary N) is 1. The van der Waals surface area contributed by atoms with Crippen LogP contribution >= 0.6 is 11.8 Å². The number of amides is 1. The summed E-state index contributed by atoms with van der Waals surface area (Å²) in [5.74, 6) is 2.48. The van der Waals surface area contributed by atoms with E-state index in [1.54, 1.807) is 18.0 Å². The molecule has 0 saturated carbocycles. The maximum Gasteiger partial charge on any atom is 0.239 e. The number of aromatic nitrogens is 1. The summed E-state index contributed by atoms with van der Waals surface area (Å²) >= 11 is 1.72. The molecule has 1 aromatic heterocycles. The SMILES string of the molecule is CSCC[C@H](N)C(=O)N1CCN(Cc2ncc(-c3ccccc3)o2)CC1. The van der Waals surface area contributed by atoms with Gasteiger partial charge in [-0.1, -0.05) is 30.3 Å². The summed E-state index contributed by atoms with van der Waals surface area (Å²) in [5.41, 5.74) is 7.04. The Morgan fingerprint density at radius 1 is 1.27 bits per heavy atom. The van der Waals surface area contributed by atoms with E-state index >= 15 is 0 Å². The number of hydrogen-bond donors (Lipinski definition) is 1. The highest BCUT2D eigenvalue weighted by atomic mass is 32.2. The normalized spacial score (nSPS) is 16.6. The zero-order chi connectivity index (χ0) is 18.4. The molecule has 6 nitrogen and oxygen atoms in total. The number of piperazine rings is 1. The van der Waals surface area contributed by atoms with Crippen molar-refractivity contribution in [1.29, 1.82) is 0 Å². The Bertz CT molecular complexity index is 699. The third kappa shape index (κ3) is 4.87. The lowest BCUT2D eigenvalue weighted by Gasteiger charge is -2.35. The molecule has 1 aliphatic rings. The predicted molar refractivity (Wildman–Crippen MR) is 105 cm³/mol. The van der Waals surface area contributed by atoms with Gasteiger partial charge in [0.05, 0.1) is 18.8 Å². The van der Waals surface area contributed by atoms with Gasteiger partial charge in [-0.3, -0.25) is 9.69 Å². The van der Waals surface area contributed by atoms with E-state index in [-0.39, 0.29) is 11.9 Å². The Labute approximate surface area is 158 Å². The molecule has 0 bridgehead atoms. The second-order valence-electron chi connectivity index (χ2n) is 6.47. The average molecular weight is 375 g/mol. The number of hydrogen-bond acceptors (Lipinski definition) is 6. The quantitative estimate of drug-likeness (QED) is 0.800. The van der Waals surface area contributed by atoms with Gasteiger partial charge in [-0.25, -0.2) is 4.98 Å². The van der Waals surface area contributed by atoms with E-state index < -0.39 is 0 Å². The van der Waals surface area contributed by atoms with Gasteiger partial charge in [0, 0.05) is 31.7 Å². The van der Waals surface area contributed by atoms with Gasteiger partial charge in [0.1, 0.15) is 0 Å². The first-order valence-electron chi connectivity index (χ1n) is 8.93. The van der Waals surface area contributed by atoms with Crippen molar-refractivity contribution < 1.29 is 9.21 Å². The molecule has 2 aromatic rings. The van der Waals surface area contributed by atoms with Crippen LogP contribution < -0.4 is 5.73 Å². The summed E-state index contributed by atoms with van der Waals surface area (Å²) < 4.78 is 5.87. The molecule has 0 spiro atoms. The highest BCUT2D eigenvalue weighted by Gasteiger charge is 2.25. The van der Waals surface area contributed by atoms with Crippen LogP contribution in [-0.2, 0) is 11.3 Å². The van der Waals surface area contributed by atoms with Crippen molar-refractivity contribution in [3.63, 3.8) is 0 Å². The molecule has 0 unspecified atom stereocenters. The predicted octanol–water partition coefficient (Wildman–Crippen LogP) is 2.07. The zero-order valence-electron chi connectivity index (χ0n) is 15.1. The van der Waals surface area contributed by atoms with E-state index in [1.165, 1.54) is 0 Å². The molecule has 0 radical (unpaired) electrons. The van der Waals surface area contributed by atoms with Gasteiger partial charge in [-0.15, -0.1) is 0 Å². The van der Waals surface area contributed by atoms with Gasteiger partial charge in [-0.05, 0) is 18.4 Å². The van der Waals surface area contributed by atoms with Crippen LogP contribution in [0.4, 0.5) is 0 Å². The van der Waals surface area contributed by atoms with E-state index in [9.17, 15) is 4.79 Å². The van der Waals surface area contributed by atoms with E-state index in [0.29, 0.717) is 25.5 Å². The molecule has 26 heavy (non-hydrogen) atoms. The van der Waals surface area contributed by atoms with Crippen LogP contribution in [0.15, 0.2) is 40.9 Å². The van der Waals surface area contributed by atoms with Crippen LogP contribution in [0.3, 0.4) is 0 Å². The molecule has 1 atom stereocenters. The van der Waals surface area contributed by atoms with Crippen LogP contribution in [0.25, 0.3) is 11.3 Å². The second-order valence-corrected chi connectivity index (χ2v) is 7.46. The maximum atomic E-state index is 12.4. The van der Waals surface area contributed by atoms with Gasteiger partial charge in [0.2, 0.25) is 11.8 Å². The third-order valence-electron chi connectivity index (χ3n) is 4.60. The summed E-state index contributed by atoms with van der Waals surface area (Å²) in [4.78, 5) is 20.9. The van der Waals surface area contributed by atoms with Crippen LogP contribution in [0, 0.1) is 0 Å². The van der Waals surface area contributed by atoms with Crippen molar-refractivity contribution in [2.75, 3.05) is 38.2 Å². The van der Waals surface area contributed by atoms with Crippen molar-refractivity contribution in [2.24, 2.45) is 5.73 Å². The first kappa shape index (κ1) is 18.9. The molecule has 0 aliphatic carbocycles. The Hall–Kier alpha value is -1.83. The van der Waals surface area contributed by atoms with Crippen LogP contribution in [0.5, 0.6) is 0 Å². The fraction of sp³-hybridized carbons (Fsp3) is 0.474. The van der Waals surface area contributed by atoms with Gasteiger partial charge in [-0.2, -0.15) is 11.8 Å². The number of thioether (sulfide) groups is 1. The van der Waals surface area contributed by atoms with Gasteiger partial charge in [0.15, 0.2) is 5.76 Å². The standard InChI is InChI=1S/C19H26N4O2S/c1-26-12-7-16(20)19(24)23-10-8-22(9-11-23)14-18-21-13-17(25-18)15-5-3-2-4-6-15/h2-6,13,16H,7-12,14,20H2,1H3/t16-/m0/s1. The Balaban J connectivity index is 1.49. The number of carbonyl (C=O) groups excluding carboxylic acids is 1. The minimum Gasteiger partial charge on any atom is -0.439 e. The van der Waals surface area contributed by atoms with Crippen LogP contribution in [-0.4, -0.2) is 64.9 Å². The summed E-state index contributed by atoms with van der Waals surface area (Å²) in [6.45, 7) is 3.69. The number of carbonyl (C=O) groups is 1. The highest BCUT2D eigenvalue weighted by molar-refractivity contribution is 7.98. The molecule has 7 heteroatoms. The second kappa shape index (κ2) is 9.21. The topological polar surface area (TPSA) is 75.6 Å². The number of rotatable bonds is 7. The molecule has 1 aromatic carbocycles. The minimum atomic E-state index is -0.380. The maximum absolute atomic E-state index is 12.4. The Kier molecular flexibility index (Phi) is 6.71. The number of oxazole rings is 1. The van der Waals surface area contributed by atoms with Gasteiger partial charge < -0.3 is 15.1 Å². The molecule has 1 aliphatic heterocycles. The van der Waals surface area contributed by atoms with E-state index in [2.05, 4.69) is 9.88 Å². The molecule has 1 fully saturated rings. The first-order chi connectivity index (χ1) is 12.7. The van der Waals surface area contributed by atoms with E-state index in [4.69, 9.17) is 10.2 Å².